The van der Waals surface area contributed by atoms with Crippen molar-refractivity contribution in [1.82, 2.24) is 0 Å². The second-order valence-electron chi connectivity index (χ2n) is 4.30. The van der Waals surface area contributed by atoms with Gasteiger partial charge < -0.3 is 5.11 Å². The zero-order chi connectivity index (χ0) is 10.2. The number of hydrogen-bond donors (Lipinski definition) is 1. The van der Waals surface area contributed by atoms with Gasteiger partial charge in [0.25, 0.3) is 0 Å². The lowest BCUT2D eigenvalue weighted by atomic mass is 9.92. The van der Waals surface area contributed by atoms with Crippen LogP contribution in [0.3, 0.4) is 0 Å². The van der Waals surface area contributed by atoms with Gasteiger partial charge in [-0.25, -0.2) is 0 Å². The van der Waals surface area contributed by atoms with Crippen LogP contribution in [0.2, 0.25) is 0 Å². The molecule has 0 saturated heterocycles. The van der Waals surface area contributed by atoms with Gasteiger partial charge in [0.1, 0.15) is 0 Å². The normalized spacial score (nSPS) is 21.9. The molecule has 0 aliphatic heterocycles. The van der Waals surface area contributed by atoms with Gasteiger partial charge in [0.05, 0.1) is 6.10 Å². The molecule has 14 heavy (non-hydrogen) atoms. The summed E-state index contributed by atoms with van der Waals surface area (Å²) in [5, 5.41) is 10.0. The Morgan fingerprint density at radius 1 is 1.21 bits per heavy atom. The maximum Gasteiger partial charge on any atom is 0.0576 e. The van der Waals surface area contributed by atoms with Crippen LogP contribution in [0.25, 0.3) is 0 Å². The van der Waals surface area contributed by atoms with Gasteiger partial charge >= 0.3 is 0 Å². The smallest absolute Gasteiger partial charge is 0.0576 e. The van der Waals surface area contributed by atoms with Gasteiger partial charge in [-0.05, 0) is 36.7 Å². The van der Waals surface area contributed by atoms with Crippen LogP contribution >= 0.6 is 11.8 Å². The van der Waals surface area contributed by atoms with E-state index in [2.05, 4.69) is 6.92 Å². The average molecular weight is 216 g/mol. The molecule has 0 aromatic rings. The highest BCUT2D eigenvalue weighted by molar-refractivity contribution is 7.99. The highest BCUT2D eigenvalue weighted by Crippen LogP contribution is 2.27. The quantitative estimate of drug-likeness (QED) is 0.561. The number of aliphatic hydroxyl groups is 1. The Morgan fingerprint density at radius 3 is 2.43 bits per heavy atom. The van der Waals surface area contributed by atoms with E-state index in [1.807, 2.05) is 11.8 Å². The van der Waals surface area contributed by atoms with Crippen molar-refractivity contribution in [2.75, 3.05) is 11.5 Å². The summed E-state index contributed by atoms with van der Waals surface area (Å²) in [5.74, 6) is 2.92. The molecule has 84 valence electrons. The number of rotatable bonds is 5. The molecule has 1 atom stereocenters. The van der Waals surface area contributed by atoms with Crippen molar-refractivity contribution in [2.24, 2.45) is 5.92 Å². The molecular weight excluding hydrogens is 192 g/mol. The molecule has 1 unspecified atom stereocenters. The zero-order valence-electron chi connectivity index (χ0n) is 9.37. The minimum Gasteiger partial charge on any atom is -0.393 e. The molecule has 0 spiro atoms. The molecule has 1 saturated carbocycles. The van der Waals surface area contributed by atoms with Crippen molar-refractivity contribution < 1.29 is 5.11 Å². The third kappa shape index (κ3) is 4.70. The topological polar surface area (TPSA) is 20.2 Å². The Balaban J connectivity index is 2.16. The summed E-state index contributed by atoms with van der Waals surface area (Å²) in [4.78, 5) is 0. The fourth-order valence-electron chi connectivity index (χ4n) is 2.28. The van der Waals surface area contributed by atoms with Crippen LogP contribution in [0.1, 0.15) is 51.9 Å². The standard InChI is InChI=1S/C12H24OS/c1-2-14-10-9-12(13)11-7-5-3-4-6-8-11/h11-13H,2-10H2,1H3. The fourth-order valence-corrected chi connectivity index (χ4v) is 2.98. The van der Waals surface area contributed by atoms with Crippen molar-refractivity contribution in [3.63, 3.8) is 0 Å². The van der Waals surface area contributed by atoms with Crippen LogP contribution in [0.4, 0.5) is 0 Å². The number of hydrogen-bond acceptors (Lipinski definition) is 2. The molecule has 0 heterocycles. The van der Waals surface area contributed by atoms with Crippen molar-refractivity contribution in [3.05, 3.63) is 0 Å². The van der Waals surface area contributed by atoms with Crippen molar-refractivity contribution in [3.8, 4) is 0 Å². The number of aliphatic hydroxyl groups excluding tert-OH is 1. The first kappa shape index (κ1) is 12.4. The van der Waals surface area contributed by atoms with E-state index in [0.717, 1.165) is 12.2 Å². The third-order valence-electron chi connectivity index (χ3n) is 3.21. The first-order chi connectivity index (χ1) is 6.84. The largest absolute Gasteiger partial charge is 0.393 e. The predicted molar refractivity (Wildman–Crippen MR) is 64.8 cm³/mol. The molecule has 0 aromatic heterocycles. The summed E-state index contributed by atoms with van der Waals surface area (Å²) in [6, 6.07) is 0. The summed E-state index contributed by atoms with van der Waals surface area (Å²) in [6.07, 6.45) is 8.94. The van der Waals surface area contributed by atoms with Gasteiger partial charge in [-0.15, -0.1) is 0 Å². The first-order valence-corrected chi connectivity index (χ1v) is 7.26. The van der Waals surface area contributed by atoms with Crippen LogP contribution in [0.5, 0.6) is 0 Å². The lowest BCUT2D eigenvalue weighted by molar-refractivity contribution is 0.0959. The van der Waals surface area contributed by atoms with Crippen LogP contribution in [-0.2, 0) is 0 Å². The monoisotopic (exact) mass is 216 g/mol. The summed E-state index contributed by atoms with van der Waals surface area (Å²) in [6.45, 7) is 2.18. The van der Waals surface area contributed by atoms with Gasteiger partial charge in [-0.3, -0.25) is 0 Å². The second kappa shape index (κ2) is 7.58. The molecule has 2 heteroatoms. The van der Waals surface area contributed by atoms with Crippen LogP contribution < -0.4 is 0 Å². The van der Waals surface area contributed by atoms with Crippen molar-refractivity contribution >= 4 is 11.8 Å². The molecule has 1 rings (SSSR count). The minimum absolute atomic E-state index is 0.0212. The van der Waals surface area contributed by atoms with Crippen LogP contribution in [-0.4, -0.2) is 22.7 Å². The van der Waals surface area contributed by atoms with E-state index in [0.29, 0.717) is 5.92 Å². The van der Waals surface area contributed by atoms with Crippen LogP contribution in [0, 0.1) is 5.92 Å². The molecule has 1 N–H and O–H groups in total. The molecule has 0 bridgehead atoms. The first-order valence-electron chi connectivity index (χ1n) is 6.10. The Labute approximate surface area is 92.7 Å². The minimum atomic E-state index is -0.0212. The lowest BCUT2D eigenvalue weighted by Gasteiger charge is -2.20. The van der Waals surface area contributed by atoms with Gasteiger partial charge in [0.15, 0.2) is 0 Å². The SMILES string of the molecule is CCSCCC(O)C1CCCCCC1. The van der Waals surface area contributed by atoms with Gasteiger partial charge in [0, 0.05) is 0 Å². The molecule has 0 radical (unpaired) electrons. The molecule has 1 nitrogen and oxygen atoms in total. The summed E-state index contributed by atoms with van der Waals surface area (Å²) >= 11 is 1.95. The summed E-state index contributed by atoms with van der Waals surface area (Å²) in [7, 11) is 0. The van der Waals surface area contributed by atoms with E-state index in [9.17, 15) is 5.11 Å². The molecule has 1 aliphatic carbocycles. The molecule has 1 fully saturated rings. The van der Waals surface area contributed by atoms with E-state index in [1.165, 1.54) is 44.3 Å². The summed E-state index contributed by atoms with van der Waals surface area (Å²) < 4.78 is 0. The highest BCUT2D eigenvalue weighted by atomic mass is 32.2. The molecular formula is C12H24OS. The van der Waals surface area contributed by atoms with E-state index < -0.39 is 0 Å². The zero-order valence-corrected chi connectivity index (χ0v) is 10.2. The Bertz CT molecular complexity index is 130. The van der Waals surface area contributed by atoms with Gasteiger partial charge in [-0.2, -0.15) is 11.8 Å². The Kier molecular flexibility index (Phi) is 6.70. The highest BCUT2D eigenvalue weighted by Gasteiger charge is 2.19. The maximum atomic E-state index is 10.0. The van der Waals surface area contributed by atoms with Crippen molar-refractivity contribution in [2.45, 2.75) is 58.0 Å². The van der Waals surface area contributed by atoms with Crippen molar-refractivity contribution in [1.29, 1.82) is 0 Å². The molecule has 0 amide bonds. The van der Waals surface area contributed by atoms with E-state index in [1.54, 1.807) is 0 Å². The van der Waals surface area contributed by atoms with E-state index in [-0.39, 0.29) is 6.10 Å². The number of thioether (sulfide) groups is 1. The fraction of sp³-hybridized carbons (Fsp3) is 1.00. The third-order valence-corrected chi connectivity index (χ3v) is 4.14. The lowest BCUT2D eigenvalue weighted by Crippen LogP contribution is -2.20. The van der Waals surface area contributed by atoms with Crippen LogP contribution in [0.15, 0.2) is 0 Å². The Hall–Kier alpha value is 0.310. The maximum absolute atomic E-state index is 10.0. The molecule has 0 aromatic carbocycles. The van der Waals surface area contributed by atoms with Gasteiger partial charge in [0.2, 0.25) is 0 Å². The average Bonchev–Trinajstić information content (AvgIpc) is 2.46. The van der Waals surface area contributed by atoms with Gasteiger partial charge in [-0.1, -0.05) is 32.6 Å². The van der Waals surface area contributed by atoms with E-state index >= 15 is 0 Å². The Morgan fingerprint density at radius 2 is 1.86 bits per heavy atom. The summed E-state index contributed by atoms with van der Waals surface area (Å²) in [5.41, 5.74) is 0. The van der Waals surface area contributed by atoms with E-state index in [4.69, 9.17) is 0 Å². The second-order valence-corrected chi connectivity index (χ2v) is 5.70. The predicted octanol–water partition coefficient (Wildman–Crippen LogP) is 3.46. The molecule has 1 aliphatic rings.